The number of carbonyl (C=O) groups is 2. The first-order valence-electron chi connectivity index (χ1n) is 9.89. The van der Waals surface area contributed by atoms with Gasteiger partial charge in [-0.3, -0.25) is 9.59 Å². The lowest BCUT2D eigenvalue weighted by atomic mass is 9.99. The molecule has 0 aliphatic carbocycles. The molecule has 2 aliphatic rings. The first-order valence-corrected chi connectivity index (χ1v) is 9.89. The molecule has 2 heterocycles. The van der Waals surface area contributed by atoms with E-state index >= 15 is 0 Å². The van der Waals surface area contributed by atoms with Gasteiger partial charge in [-0.15, -0.1) is 0 Å². The molecular formula is C24H20N4O2. The van der Waals surface area contributed by atoms with Gasteiger partial charge in [0.15, 0.2) is 0 Å². The summed E-state index contributed by atoms with van der Waals surface area (Å²) in [5.41, 5.74) is 7.50. The highest BCUT2D eigenvalue weighted by molar-refractivity contribution is 6.19. The van der Waals surface area contributed by atoms with Gasteiger partial charge in [-0.05, 0) is 41.5 Å². The molecule has 1 fully saturated rings. The van der Waals surface area contributed by atoms with E-state index in [4.69, 9.17) is 0 Å². The molecule has 3 aromatic carbocycles. The Bertz CT molecular complexity index is 1130. The minimum absolute atomic E-state index is 0.0280. The Labute approximate surface area is 174 Å². The molecule has 1 saturated heterocycles. The highest BCUT2D eigenvalue weighted by atomic mass is 16.2. The summed E-state index contributed by atoms with van der Waals surface area (Å²) < 4.78 is 0. The van der Waals surface area contributed by atoms with Gasteiger partial charge in [-0.1, -0.05) is 54.6 Å². The van der Waals surface area contributed by atoms with E-state index in [0.717, 1.165) is 28.2 Å². The quantitative estimate of drug-likeness (QED) is 0.729. The van der Waals surface area contributed by atoms with Gasteiger partial charge in [-0.2, -0.15) is 5.10 Å². The second-order valence-corrected chi connectivity index (χ2v) is 7.34. The molecule has 3 aromatic rings. The number of nitrogens with one attached hydrogen (secondary N) is 1. The molecule has 6 heteroatoms. The molecule has 148 valence electrons. The molecule has 6 nitrogen and oxygen atoms in total. The summed E-state index contributed by atoms with van der Waals surface area (Å²) in [7, 11) is 0. The average Bonchev–Trinajstić information content (AvgIpc) is 3.38. The third-order valence-corrected chi connectivity index (χ3v) is 5.33. The number of benzene rings is 3. The zero-order chi connectivity index (χ0) is 20.5. The molecule has 0 saturated carbocycles. The fraction of sp³-hybridized carbons (Fsp3) is 0.125. The van der Waals surface area contributed by atoms with Crippen molar-refractivity contribution in [2.45, 2.75) is 18.9 Å². The van der Waals surface area contributed by atoms with Crippen LogP contribution >= 0.6 is 0 Å². The Morgan fingerprint density at radius 2 is 1.50 bits per heavy atom. The van der Waals surface area contributed by atoms with Gasteiger partial charge in [-0.25, -0.2) is 15.4 Å². The van der Waals surface area contributed by atoms with Gasteiger partial charge in [0.2, 0.25) is 5.91 Å². The summed E-state index contributed by atoms with van der Waals surface area (Å²) in [5, 5.41) is 7.61. The fourth-order valence-corrected chi connectivity index (χ4v) is 3.82. The lowest BCUT2D eigenvalue weighted by molar-refractivity contribution is -0.117. The van der Waals surface area contributed by atoms with E-state index in [9.17, 15) is 9.59 Å². The van der Waals surface area contributed by atoms with Gasteiger partial charge in [0, 0.05) is 6.42 Å². The van der Waals surface area contributed by atoms with Crippen molar-refractivity contribution in [3.05, 3.63) is 96.1 Å². The van der Waals surface area contributed by atoms with Crippen molar-refractivity contribution in [1.82, 2.24) is 5.43 Å². The van der Waals surface area contributed by atoms with Crippen LogP contribution < -0.4 is 15.4 Å². The molecule has 5 rings (SSSR count). The first-order chi connectivity index (χ1) is 14.7. The Morgan fingerprint density at radius 1 is 0.800 bits per heavy atom. The molecule has 0 bridgehead atoms. The predicted octanol–water partition coefficient (Wildman–Crippen LogP) is 3.81. The number of hydrogen-bond acceptors (Lipinski definition) is 4. The van der Waals surface area contributed by atoms with Gasteiger partial charge in [0.25, 0.3) is 5.91 Å². The molecule has 1 atom stereocenters. The summed E-state index contributed by atoms with van der Waals surface area (Å²) in [4.78, 5) is 25.0. The van der Waals surface area contributed by atoms with Crippen molar-refractivity contribution in [3.8, 4) is 0 Å². The smallest absolute Gasteiger partial charge is 0.253 e. The lowest BCUT2D eigenvalue weighted by Crippen LogP contribution is -2.35. The summed E-state index contributed by atoms with van der Waals surface area (Å²) >= 11 is 0. The van der Waals surface area contributed by atoms with Crippen LogP contribution in [-0.2, 0) is 9.59 Å². The monoisotopic (exact) mass is 396 g/mol. The lowest BCUT2D eigenvalue weighted by Gasteiger charge is -2.18. The Morgan fingerprint density at radius 3 is 2.23 bits per heavy atom. The molecule has 0 aromatic heterocycles. The van der Waals surface area contributed by atoms with Crippen LogP contribution in [0.2, 0.25) is 0 Å². The normalized spacial score (nSPS) is 18.8. The van der Waals surface area contributed by atoms with E-state index in [0.29, 0.717) is 6.42 Å². The summed E-state index contributed by atoms with van der Waals surface area (Å²) in [5.74, 6) is -0.0220. The van der Waals surface area contributed by atoms with Crippen molar-refractivity contribution in [1.29, 1.82) is 0 Å². The number of hydrogen-bond donors (Lipinski definition) is 1. The van der Waals surface area contributed by atoms with Crippen molar-refractivity contribution < 1.29 is 9.59 Å². The summed E-state index contributed by atoms with van der Waals surface area (Å²) in [6.45, 7) is 0. The van der Waals surface area contributed by atoms with E-state index in [1.54, 1.807) is 5.01 Å². The van der Waals surface area contributed by atoms with Gasteiger partial charge in [0.05, 0.1) is 29.5 Å². The van der Waals surface area contributed by atoms with E-state index in [1.807, 2.05) is 84.9 Å². The van der Waals surface area contributed by atoms with Crippen molar-refractivity contribution >= 4 is 28.9 Å². The Hall–Kier alpha value is -3.77. The molecular weight excluding hydrogens is 376 g/mol. The fourth-order valence-electron chi connectivity index (χ4n) is 3.82. The zero-order valence-electron chi connectivity index (χ0n) is 16.2. The number of rotatable bonds is 4. The van der Waals surface area contributed by atoms with Crippen LogP contribution in [0.25, 0.3) is 0 Å². The SMILES string of the molecule is O=C1CC(c2cccc(C3CC(=O)N(c4ccccc4)N3)c2)=NN1c1ccccc1. The number of hydrazine groups is 1. The van der Waals surface area contributed by atoms with Crippen LogP contribution in [0.5, 0.6) is 0 Å². The van der Waals surface area contributed by atoms with Crippen LogP contribution in [0.3, 0.4) is 0 Å². The van der Waals surface area contributed by atoms with Crippen LogP contribution in [-0.4, -0.2) is 17.5 Å². The largest absolute Gasteiger partial charge is 0.273 e. The molecule has 0 radical (unpaired) electrons. The average molecular weight is 396 g/mol. The second-order valence-electron chi connectivity index (χ2n) is 7.34. The maximum Gasteiger partial charge on any atom is 0.253 e. The van der Waals surface area contributed by atoms with Crippen LogP contribution in [0.15, 0.2) is 90.0 Å². The third-order valence-electron chi connectivity index (χ3n) is 5.33. The second kappa shape index (κ2) is 7.57. The van der Waals surface area contributed by atoms with Gasteiger partial charge in [0.1, 0.15) is 0 Å². The maximum absolute atomic E-state index is 12.5. The topological polar surface area (TPSA) is 65.0 Å². The minimum Gasteiger partial charge on any atom is -0.273 e. The number of nitrogens with zero attached hydrogens (tertiary/aromatic N) is 3. The highest BCUT2D eigenvalue weighted by Crippen LogP contribution is 2.29. The Kier molecular flexibility index (Phi) is 4.61. The highest BCUT2D eigenvalue weighted by Gasteiger charge is 2.32. The number of amides is 2. The summed E-state index contributed by atoms with van der Waals surface area (Å²) in [6, 6.07) is 26.8. The number of anilines is 2. The molecule has 0 spiro atoms. The molecule has 1 N–H and O–H groups in total. The van der Waals surface area contributed by atoms with E-state index < -0.39 is 0 Å². The Balaban J connectivity index is 1.39. The number of para-hydroxylation sites is 2. The van der Waals surface area contributed by atoms with E-state index in [2.05, 4.69) is 10.5 Å². The van der Waals surface area contributed by atoms with Crippen molar-refractivity contribution in [2.24, 2.45) is 5.10 Å². The number of carbonyl (C=O) groups excluding carboxylic acids is 2. The van der Waals surface area contributed by atoms with Crippen LogP contribution in [0.1, 0.15) is 30.0 Å². The number of hydrazone groups is 1. The van der Waals surface area contributed by atoms with Crippen molar-refractivity contribution in [3.63, 3.8) is 0 Å². The predicted molar refractivity (Wildman–Crippen MR) is 116 cm³/mol. The van der Waals surface area contributed by atoms with Crippen LogP contribution in [0.4, 0.5) is 11.4 Å². The molecule has 2 amide bonds. The summed E-state index contributed by atoms with van der Waals surface area (Å²) in [6.07, 6.45) is 0.630. The molecule has 1 unspecified atom stereocenters. The molecule has 2 aliphatic heterocycles. The van der Waals surface area contributed by atoms with Crippen molar-refractivity contribution in [2.75, 3.05) is 10.0 Å². The zero-order valence-corrected chi connectivity index (χ0v) is 16.2. The maximum atomic E-state index is 12.5. The van der Waals surface area contributed by atoms with E-state index in [1.165, 1.54) is 5.01 Å². The third kappa shape index (κ3) is 3.38. The molecule has 30 heavy (non-hydrogen) atoms. The van der Waals surface area contributed by atoms with Gasteiger partial charge >= 0.3 is 0 Å². The van der Waals surface area contributed by atoms with E-state index in [-0.39, 0.29) is 24.3 Å². The minimum atomic E-state index is -0.124. The first kappa shape index (κ1) is 18.3. The standard InChI is InChI=1S/C24H20N4O2/c29-23-15-21(25-27(23)19-10-3-1-4-11-19)17-8-7-9-18(14-17)22-16-24(30)28(26-22)20-12-5-2-6-13-20/h1-14,21,25H,15-16H2. The van der Waals surface area contributed by atoms with Crippen LogP contribution in [0, 0.1) is 0 Å². The van der Waals surface area contributed by atoms with Gasteiger partial charge < -0.3 is 0 Å².